The fourth-order valence-electron chi connectivity index (χ4n) is 4.41. The molecule has 2 aliphatic carbocycles. The van der Waals surface area contributed by atoms with Gasteiger partial charge in [0.05, 0.1) is 17.1 Å². The number of aromatic nitrogens is 2. The highest BCUT2D eigenvalue weighted by molar-refractivity contribution is 5.88. The van der Waals surface area contributed by atoms with Crippen LogP contribution in [-0.4, -0.2) is 15.9 Å². The number of rotatable bonds is 4. The second kappa shape index (κ2) is 7.75. The fourth-order valence-corrected chi connectivity index (χ4v) is 4.41. The van der Waals surface area contributed by atoms with Gasteiger partial charge in [0.15, 0.2) is 5.82 Å². The summed E-state index contributed by atoms with van der Waals surface area (Å²) in [6.45, 7) is 1.50. The molecule has 0 unspecified atom stereocenters. The van der Waals surface area contributed by atoms with E-state index in [9.17, 15) is 9.18 Å². The van der Waals surface area contributed by atoms with Crippen molar-refractivity contribution in [2.75, 3.05) is 5.32 Å². The highest BCUT2D eigenvalue weighted by Gasteiger charge is 2.23. The van der Waals surface area contributed by atoms with Gasteiger partial charge in [0, 0.05) is 12.5 Å². The van der Waals surface area contributed by atoms with E-state index in [0.29, 0.717) is 12.2 Å². The van der Waals surface area contributed by atoms with E-state index in [-0.39, 0.29) is 11.7 Å². The predicted octanol–water partition coefficient (Wildman–Crippen LogP) is 4.85. The monoisotopic (exact) mass is 367 g/mol. The van der Waals surface area contributed by atoms with E-state index in [2.05, 4.69) is 5.32 Å². The number of nitrogens with zero attached hydrogens (tertiary/aromatic N) is 2. The van der Waals surface area contributed by atoms with Crippen LogP contribution in [0.5, 0.6) is 0 Å². The van der Waals surface area contributed by atoms with Crippen molar-refractivity contribution in [3.8, 4) is 11.3 Å². The SMILES string of the molecule is CC(=O)Nc1nc2c(nc1CCC1CCCCC1)-c1ccc(F)cc1CC2. The van der Waals surface area contributed by atoms with E-state index in [1.807, 2.05) is 0 Å². The number of carbonyl (C=O) groups excluding carboxylic acids is 1. The van der Waals surface area contributed by atoms with Gasteiger partial charge in [-0.2, -0.15) is 0 Å². The largest absolute Gasteiger partial charge is 0.309 e. The number of anilines is 1. The number of amides is 1. The molecule has 0 aliphatic heterocycles. The molecule has 1 saturated carbocycles. The number of benzene rings is 1. The van der Waals surface area contributed by atoms with E-state index in [1.165, 1.54) is 45.1 Å². The number of aryl methyl sites for hydroxylation is 3. The third kappa shape index (κ3) is 4.02. The van der Waals surface area contributed by atoms with Crippen molar-refractivity contribution >= 4 is 11.7 Å². The molecule has 0 saturated heterocycles. The Hall–Kier alpha value is -2.30. The summed E-state index contributed by atoms with van der Waals surface area (Å²) in [6, 6.07) is 4.89. The summed E-state index contributed by atoms with van der Waals surface area (Å²) in [5.74, 6) is 1.00. The second-order valence-corrected chi connectivity index (χ2v) is 7.84. The molecule has 5 heteroatoms. The molecule has 1 N–H and O–H groups in total. The first-order valence-corrected chi connectivity index (χ1v) is 10.1. The standard InChI is InChI=1S/C22H26FN3O/c1-14(27)24-22-20(11-7-15-5-3-2-4-6-15)25-21-18-10-9-17(23)13-16(18)8-12-19(21)26-22/h9-10,13,15H,2-8,11-12H2,1H3,(H,24,26,27). The van der Waals surface area contributed by atoms with Gasteiger partial charge in [-0.25, -0.2) is 14.4 Å². The molecule has 1 aromatic heterocycles. The molecule has 2 aliphatic rings. The smallest absolute Gasteiger partial charge is 0.222 e. The lowest BCUT2D eigenvalue weighted by molar-refractivity contribution is -0.114. The highest BCUT2D eigenvalue weighted by Crippen LogP contribution is 2.34. The van der Waals surface area contributed by atoms with Crippen LogP contribution >= 0.6 is 0 Å². The topological polar surface area (TPSA) is 54.9 Å². The van der Waals surface area contributed by atoms with Crippen molar-refractivity contribution in [3.63, 3.8) is 0 Å². The average molecular weight is 367 g/mol. The molecule has 1 aromatic carbocycles. The fraction of sp³-hybridized carbons (Fsp3) is 0.500. The number of hydrogen-bond acceptors (Lipinski definition) is 3. The molecule has 142 valence electrons. The lowest BCUT2D eigenvalue weighted by Crippen LogP contribution is -2.17. The molecule has 0 atom stereocenters. The molecule has 27 heavy (non-hydrogen) atoms. The van der Waals surface area contributed by atoms with E-state index in [1.54, 1.807) is 12.1 Å². The van der Waals surface area contributed by atoms with Gasteiger partial charge < -0.3 is 5.32 Å². The van der Waals surface area contributed by atoms with Crippen molar-refractivity contribution in [1.82, 2.24) is 9.97 Å². The maximum absolute atomic E-state index is 13.6. The first-order chi connectivity index (χ1) is 13.1. The summed E-state index contributed by atoms with van der Waals surface area (Å²) in [5, 5.41) is 2.87. The zero-order chi connectivity index (χ0) is 18.8. The third-order valence-electron chi connectivity index (χ3n) is 5.80. The molecule has 4 rings (SSSR count). The minimum atomic E-state index is -0.211. The van der Waals surface area contributed by atoms with E-state index in [4.69, 9.17) is 9.97 Å². The number of halogens is 1. The molecule has 0 spiro atoms. The van der Waals surface area contributed by atoms with Crippen LogP contribution in [0.3, 0.4) is 0 Å². The van der Waals surface area contributed by atoms with Crippen molar-refractivity contribution < 1.29 is 9.18 Å². The Morgan fingerprint density at radius 2 is 2.00 bits per heavy atom. The van der Waals surface area contributed by atoms with Crippen LogP contribution in [0, 0.1) is 11.7 Å². The van der Waals surface area contributed by atoms with Crippen LogP contribution < -0.4 is 5.32 Å². The first-order valence-electron chi connectivity index (χ1n) is 10.1. The molecule has 0 radical (unpaired) electrons. The quantitative estimate of drug-likeness (QED) is 0.840. The van der Waals surface area contributed by atoms with Crippen LogP contribution in [0.2, 0.25) is 0 Å². The van der Waals surface area contributed by atoms with Gasteiger partial charge in [-0.3, -0.25) is 4.79 Å². The van der Waals surface area contributed by atoms with Crippen molar-refractivity contribution in [2.45, 2.75) is 64.7 Å². The van der Waals surface area contributed by atoms with E-state index >= 15 is 0 Å². The zero-order valence-electron chi connectivity index (χ0n) is 15.9. The van der Waals surface area contributed by atoms with Gasteiger partial charge >= 0.3 is 0 Å². The summed E-state index contributed by atoms with van der Waals surface area (Å²) in [6.07, 6.45) is 9.92. The Balaban J connectivity index is 1.66. The molecule has 1 fully saturated rings. The van der Waals surface area contributed by atoms with Gasteiger partial charge in [-0.1, -0.05) is 32.1 Å². The van der Waals surface area contributed by atoms with Gasteiger partial charge in [0.1, 0.15) is 5.82 Å². The Labute approximate surface area is 159 Å². The van der Waals surface area contributed by atoms with Gasteiger partial charge in [0.2, 0.25) is 5.91 Å². The molecule has 1 amide bonds. The maximum Gasteiger partial charge on any atom is 0.222 e. The maximum atomic E-state index is 13.6. The minimum Gasteiger partial charge on any atom is -0.309 e. The molecule has 4 nitrogen and oxygen atoms in total. The summed E-state index contributed by atoms with van der Waals surface area (Å²) in [4.78, 5) is 21.3. The minimum absolute atomic E-state index is 0.124. The highest BCUT2D eigenvalue weighted by atomic mass is 19.1. The van der Waals surface area contributed by atoms with Gasteiger partial charge in [-0.15, -0.1) is 0 Å². The van der Waals surface area contributed by atoms with E-state index in [0.717, 1.165) is 53.4 Å². The summed E-state index contributed by atoms with van der Waals surface area (Å²) in [7, 11) is 0. The van der Waals surface area contributed by atoms with Crippen molar-refractivity contribution in [1.29, 1.82) is 0 Å². The molecular formula is C22H26FN3O. The Morgan fingerprint density at radius 3 is 2.78 bits per heavy atom. The zero-order valence-corrected chi connectivity index (χ0v) is 15.9. The van der Waals surface area contributed by atoms with Crippen LogP contribution in [0.25, 0.3) is 11.3 Å². The number of nitrogens with one attached hydrogen (secondary N) is 1. The van der Waals surface area contributed by atoms with E-state index < -0.39 is 0 Å². The molecule has 2 aromatic rings. The Kier molecular flexibility index (Phi) is 5.19. The summed E-state index contributed by atoms with van der Waals surface area (Å²) in [5.41, 5.74) is 4.55. The van der Waals surface area contributed by atoms with Gasteiger partial charge in [-0.05, 0) is 55.4 Å². The van der Waals surface area contributed by atoms with Crippen LogP contribution in [-0.2, 0) is 24.1 Å². The lowest BCUT2D eigenvalue weighted by Gasteiger charge is -2.23. The number of fused-ring (bicyclic) bond motifs is 3. The van der Waals surface area contributed by atoms with Gasteiger partial charge in [0.25, 0.3) is 0 Å². The third-order valence-corrected chi connectivity index (χ3v) is 5.80. The molecule has 1 heterocycles. The van der Waals surface area contributed by atoms with Crippen molar-refractivity contribution in [3.05, 3.63) is 41.0 Å². The number of carbonyl (C=O) groups is 1. The van der Waals surface area contributed by atoms with Crippen LogP contribution in [0.1, 0.15) is 62.4 Å². The second-order valence-electron chi connectivity index (χ2n) is 7.84. The number of hydrogen-bond donors (Lipinski definition) is 1. The summed E-state index contributed by atoms with van der Waals surface area (Å²) >= 11 is 0. The van der Waals surface area contributed by atoms with Crippen molar-refractivity contribution in [2.24, 2.45) is 5.92 Å². The lowest BCUT2D eigenvalue weighted by atomic mass is 9.85. The first kappa shape index (κ1) is 18.1. The predicted molar refractivity (Wildman–Crippen MR) is 104 cm³/mol. The average Bonchev–Trinajstić information content (AvgIpc) is 2.66. The molecule has 0 bridgehead atoms. The Bertz CT molecular complexity index is 859. The normalized spacial score (nSPS) is 16.5. The van der Waals surface area contributed by atoms with Crippen LogP contribution in [0.4, 0.5) is 10.2 Å². The molecular weight excluding hydrogens is 341 g/mol. The van der Waals surface area contributed by atoms with Crippen LogP contribution in [0.15, 0.2) is 18.2 Å². The Morgan fingerprint density at radius 1 is 1.19 bits per heavy atom. The summed E-state index contributed by atoms with van der Waals surface area (Å²) < 4.78 is 13.6.